The summed E-state index contributed by atoms with van der Waals surface area (Å²) in [6.45, 7) is 0.0235. The molecule has 2 aromatic rings. The number of nitrogens with zero attached hydrogens (tertiary/aromatic N) is 1. The summed E-state index contributed by atoms with van der Waals surface area (Å²) in [5.74, 6) is -0.811. The summed E-state index contributed by atoms with van der Waals surface area (Å²) in [4.78, 5) is 28.7. The fraction of sp³-hybridized carbons (Fsp3) is 0.350. The average molecular weight is 372 g/mol. The molecule has 27 heavy (non-hydrogen) atoms. The summed E-state index contributed by atoms with van der Waals surface area (Å²) in [6.07, 6.45) is 2.32. The molecule has 1 aromatic heterocycles. The number of halogens is 1. The van der Waals surface area contributed by atoms with Gasteiger partial charge < -0.3 is 14.8 Å². The van der Waals surface area contributed by atoms with Crippen molar-refractivity contribution < 1.29 is 23.5 Å². The first-order chi connectivity index (χ1) is 13.0. The number of rotatable bonds is 6. The summed E-state index contributed by atoms with van der Waals surface area (Å²) in [5.41, 5.74) is 0.727. The summed E-state index contributed by atoms with van der Waals surface area (Å²) in [7, 11) is 2.78. The Labute approximate surface area is 156 Å². The molecule has 0 radical (unpaired) electrons. The van der Waals surface area contributed by atoms with E-state index in [0.29, 0.717) is 18.4 Å². The van der Waals surface area contributed by atoms with Crippen LogP contribution in [-0.2, 0) is 26.3 Å². The second-order valence-electron chi connectivity index (χ2n) is 6.52. The van der Waals surface area contributed by atoms with Gasteiger partial charge in [0.2, 0.25) is 5.91 Å². The number of methoxy groups -OCH3 is 2. The Kier molecular flexibility index (Phi) is 5.51. The second-order valence-corrected chi connectivity index (χ2v) is 6.52. The molecule has 1 aliphatic carbocycles. The van der Waals surface area contributed by atoms with Crippen molar-refractivity contribution in [3.63, 3.8) is 0 Å². The minimum absolute atomic E-state index is 0.0235. The maximum absolute atomic E-state index is 13.7. The fourth-order valence-electron chi connectivity index (χ4n) is 3.25. The van der Waals surface area contributed by atoms with Crippen LogP contribution >= 0.6 is 0 Å². The van der Waals surface area contributed by atoms with Crippen molar-refractivity contribution in [2.45, 2.75) is 31.3 Å². The lowest BCUT2D eigenvalue weighted by molar-refractivity contribution is -0.124. The number of carbonyl (C=O) groups is 2. The third-order valence-corrected chi connectivity index (χ3v) is 4.94. The van der Waals surface area contributed by atoms with Crippen molar-refractivity contribution in [1.29, 1.82) is 0 Å². The highest BCUT2D eigenvalue weighted by Crippen LogP contribution is 2.44. The molecule has 1 aliphatic rings. The van der Waals surface area contributed by atoms with Gasteiger partial charge in [-0.3, -0.25) is 4.79 Å². The zero-order chi connectivity index (χ0) is 19.4. The van der Waals surface area contributed by atoms with E-state index in [2.05, 4.69) is 10.3 Å². The largest absolute Gasteiger partial charge is 0.465 e. The lowest BCUT2D eigenvalue weighted by Gasteiger charge is -2.40. The van der Waals surface area contributed by atoms with Crippen LogP contribution in [0.1, 0.15) is 40.9 Å². The van der Waals surface area contributed by atoms with E-state index < -0.39 is 17.2 Å². The SMILES string of the molecule is COCc1nc(NC(=O)C2(c3ccc(C(=O)OC)cc3)CCC2)ccc1F. The number of amides is 1. The lowest BCUT2D eigenvalue weighted by Crippen LogP contribution is -2.46. The maximum atomic E-state index is 13.7. The number of hydrogen-bond donors (Lipinski definition) is 1. The van der Waals surface area contributed by atoms with Crippen molar-refractivity contribution in [3.05, 3.63) is 59.0 Å². The number of hydrogen-bond acceptors (Lipinski definition) is 5. The summed E-state index contributed by atoms with van der Waals surface area (Å²) in [6, 6.07) is 9.55. The van der Waals surface area contributed by atoms with E-state index in [4.69, 9.17) is 9.47 Å². The smallest absolute Gasteiger partial charge is 0.337 e. The molecule has 1 heterocycles. The molecule has 0 unspecified atom stereocenters. The summed E-state index contributed by atoms with van der Waals surface area (Å²) in [5, 5.41) is 2.79. The van der Waals surface area contributed by atoms with Gasteiger partial charge in [0.1, 0.15) is 17.3 Å². The highest BCUT2D eigenvalue weighted by atomic mass is 19.1. The molecule has 0 atom stereocenters. The Morgan fingerprint density at radius 3 is 2.41 bits per heavy atom. The van der Waals surface area contributed by atoms with Gasteiger partial charge >= 0.3 is 5.97 Å². The van der Waals surface area contributed by atoms with Crippen LogP contribution in [0.4, 0.5) is 10.2 Å². The van der Waals surface area contributed by atoms with Gasteiger partial charge in [-0.25, -0.2) is 14.2 Å². The average Bonchev–Trinajstić information content (AvgIpc) is 2.63. The molecule has 1 amide bonds. The number of anilines is 1. The predicted molar refractivity (Wildman–Crippen MR) is 96.8 cm³/mol. The van der Waals surface area contributed by atoms with Crippen molar-refractivity contribution in [3.8, 4) is 0 Å². The Balaban J connectivity index is 1.81. The zero-order valence-electron chi connectivity index (χ0n) is 15.3. The van der Waals surface area contributed by atoms with Gasteiger partial charge in [-0.05, 0) is 42.7 Å². The first-order valence-corrected chi connectivity index (χ1v) is 8.65. The number of esters is 1. The number of ether oxygens (including phenoxy) is 2. The topological polar surface area (TPSA) is 77.5 Å². The minimum Gasteiger partial charge on any atom is -0.465 e. The van der Waals surface area contributed by atoms with Gasteiger partial charge in [0, 0.05) is 7.11 Å². The van der Waals surface area contributed by atoms with Crippen LogP contribution in [0, 0.1) is 5.82 Å². The van der Waals surface area contributed by atoms with Gasteiger partial charge in [-0.15, -0.1) is 0 Å². The summed E-state index contributed by atoms with van der Waals surface area (Å²) < 4.78 is 23.3. The molecule has 1 N–H and O–H groups in total. The van der Waals surface area contributed by atoms with Crippen molar-refractivity contribution >= 4 is 17.7 Å². The number of nitrogens with one attached hydrogen (secondary N) is 1. The van der Waals surface area contributed by atoms with Gasteiger partial charge in [0.25, 0.3) is 0 Å². The van der Waals surface area contributed by atoms with Gasteiger partial charge in [-0.1, -0.05) is 18.6 Å². The molecule has 0 spiro atoms. The van der Waals surface area contributed by atoms with E-state index >= 15 is 0 Å². The molecule has 0 bridgehead atoms. The van der Waals surface area contributed by atoms with Crippen LogP contribution in [0.2, 0.25) is 0 Å². The van der Waals surface area contributed by atoms with Crippen LogP contribution in [0.25, 0.3) is 0 Å². The van der Waals surface area contributed by atoms with Crippen molar-refractivity contribution in [2.24, 2.45) is 0 Å². The Hall–Kier alpha value is -2.80. The first-order valence-electron chi connectivity index (χ1n) is 8.65. The molecule has 0 aliphatic heterocycles. The molecule has 6 nitrogen and oxygen atoms in total. The van der Waals surface area contributed by atoms with E-state index in [1.165, 1.54) is 26.4 Å². The highest BCUT2D eigenvalue weighted by molar-refractivity contribution is 5.99. The number of carbonyl (C=O) groups excluding carboxylic acids is 2. The van der Waals surface area contributed by atoms with Crippen LogP contribution in [0.5, 0.6) is 0 Å². The molecule has 1 aromatic carbocycles. The molecular weight excluding hydrogens is 351 g/mol. The normalized spacial score (nSPS) is 14.9. The van der Waals surface area contributed by atoms with Crippen LogP contribution < -0.4 is 5.32 Å². The lowest BCUT2D eigenvalue weighted by atomic mass is 9.63. The molecule has 1 saturated carbocycles. The van der Waals surface area contributed by atoms with E-state index in [1.54, 1.807) is 24.3 Å². The molecule has 142 valence electrons. The van der Waals surface area contributed by atoms with E-state index in [0.717, 1.165) is 12.0 Å². The predicted octanol–water partition coefficient (Wildman–Crippen LogP) is 3.21. The molecule has 0 saturated heterocycles. The van der Waals surface area contributed by atoms with Crippen LogP contribution in [0.15, 0.2) is 36.4 Å². The third-order valence-electron chi connectivity index (χ3n) is 4.94. The van der Waals surface area contributed by atoms with Gasteiger partial charge in [0.05, 0.1) is 24.7 Å². The van der Waals surface area contributed by atoms with Crippen molar-refractivity contribution in [2.75, 3.05) is 19.5 Å². The molecule has 1 fully saturated rings. The first kappa shape index (κ1) is 19.0. The molecular formula is C20H21FN2O4. The van der Waals surface area contributed by atoms with Gasteiger partial charge in [0.15, 0.2) is 0 Å². The quantitative estimate of drug-likeness (QED) is 0.788. The molecule has 3 rings (SSSR count). The van der Waals surface area contributed by atoms with Crippen molar-refractivity contribution in [1.82, 2.24) is 4.98 Å². The van der Waals surface area contributed by atoms with E-state index in [1.807, 2.05) is 0 Å². The maximum Gasteiger partial charge on any atom is 0.337 e. The highest BCUT2D eigenvalue weighted by Gasteiger charge is 2.45. The Morgan fingerprint density at radius 1 is 1.15 bits per heavy atom. The summed E-state index contributed by atoms with van der Waals surface area (Å²) >= 11 is 0. The standard InChI is InChI=1S/C20H21FN2O4/c1-26-12-16-15(21)8-9-17(22-16)23-19(25)20(10-3-11-20)14-6-4-13(5-7-14)18(24)27-2/h4-9H,3,10-12H2,1-2H3,(H,22,23,25). The monoisotopic (exact) mass is 372 g/mol. The van der Waals surface area contributed by atoms with E-state index in [9.17, 15) is 14.0 Å². The Bertz CT molecular complexity index is 848. The van der Waals surface area contributed by atoms with E-state index in [-0.39, 0.29) is 24.0 Å². The fourth-order valence-corrected chi connectivity index (χ4v) is 3.25. The van der Waals surface area contributed by atoms with Crippen LogP contribution in [0.3, 0.4) is 0 Å². The Morgan fingerprint density at radius 2 is 1.85 bits per heavy atom. The number of pyridine rings is 1. The minimum atomic E-state index is -0.674. The van der Waals surface area contributed by atoms with Gasteiger partial charge in [-0.2, -0.15) is 0 Å². The number of aromatic nitrogens is 1. The second kappa shape index (κ2) is 7.84. The molecule has 7 heteroatoms. The third kappa shape index (κ3) is 3.68. The van der Waals surface area contributed by atoms with Crippen LogP contribution in [-0.4, -0.2) is 31.1 Å². The number of benzene rings is 1. The zero-order valence-corrected chi connectivity index (χ0v) is 15.3.